The first-order valence-electron chi connectivity index (χ1n) is 10.6. The van der Waals surface area contributed by atoms with Gasteiger partial charge in [0.15, 0.2) is 0 Å². The highest BCUT2D eigenvalue weighted by molar-refractivity contribution is 5.94. The van der Waals surface area contributed by atoms with E-state index in [1.54, 1.807) is 6.20 Å². The summed E-state index contributed by atoms with van der Waals surface area (Å²) in [5.74, 6) is 0.755. The maximum atomic E-state index is 13.0. The molecule has 0 radical (unpaired) electrons. The third-order valence-electron chi connectivity index (χ3n) is 6.62. The molecule has 0 saturated carbocycles. The average Bonchev–Trinajstić information content (AvgIpc) is 2.74. The molecule has 1 atom stereocenters. The van der Waals surface area contributed by atoms with Crippen molar-refractivity contribution < 1.29 is 4.79 Å². The van der Waals surface area contributed by atoms with Crippen molar-refractivity contribution in [1.82, 2.24) is 14.8 Å². The van der Waals surface area contributed by atoms with Crippen LogP contribution in [0, 0.1) is 5.41 Å². The van der Waals surface area contributed by atoms with E-state index >= 15 is 0 Å². The number of hydrogen-bond donors (Lipinski definition) is 0. The highest BCUT2D eigenvalue weighted by atomic mass is 16.2. The van der Waals surface area contributed by atoms with Gasteiger partial charge in [-0.1, -0.05) is 37.3 Å². The molecular formula is C24H31N3O. The molecule has 1 aromatic heterocycles. The lowest BCUT2D eigenvalue weighted by Gasteiger charge is -2.49. The summed E-state index contributed by atoms with van der Waals surface area (Å²) < 4.78 is 0. The monoisotopic (exact) mass is 377 g/mol. The first-order chi connectivity index (χ1) is 13.6. The summed E-state index contributed by atoms with van der Waals surface area (Å²) in [7, 11) is 2.25. The minimum atomic E-state index is 0.163. The van der Waals surface area contributed by atoms with Gasteiger partial charge in [0, 0.05) is 43.6 Å². The lowest BCUT2D eigenvalue weighted by Crippen LogP contribution is -2.51. The molecule has 1 amide bonds. The third-order valence-corrected chi connectivity index (χ3v) is 6.62. The van der Waals surface area contributed by atoms with Crippen LogP contribution in [0.15, 0.2) is 48.7 Å². The molecule has 0 N–H and O–H groups in total. The predicted molar refractivity (Wildman–Crippen MR) is 112 cm³/mol. The van der Waals surface area contributed by atoms with Gasteiger partial charge in [-0.25, -0.2) is 0 Å². The Hall–Kier alpha value is -2.20. The van der Waals surface area contributed by atoms with Crippen molar-refractivity contribution in [3.8, 4) is 0 Å². The van der Waals surface area contributed by atoms with Crippen LogP contribution in [0.25, 0.3) is 0 Å². The fourth-order valence-electron chi connectivity index (χ4n) is 5.15. The zero-order valence-corrected chi connectivity index (χ0v) is 17.1. The predicted octanol–water partition coefficient (Wildman–Crippen LogP) is 3.99. The van der Waals surface area contributed by atoms with Crippen LogP contribution in [0.1, 0.15) is 53.7 Å². The van der Waals surface area contributed by atoms with Crippen molar-refractivity contribution >= 4 is 5.91 Å². The molecule has 4 heteroatoms. The zero-order chi connectivity index (χ0) is 19.6. The van der Waals surface area contributed by atoms with Gasteiger partial charge in [0.1, 0.15) is 0 Å². The number of piperidine rings is 2. The SMILES string of the molecule is CCc1cc(C(=O)N2CCC3(CC2)C[C@@H](c2ccccc2)CN(C)C3)ccn1. The van der Waals surface area contributed by atoms with Crippen LogP contribution >= 0.6 is 0 Å². The van der Waals surface area contributed by atoms with Gasteiger partial charge in [0.2, 0.25) is 0 Å². The molecule has 2 fully saturated rings. The molecule has 3 heterocycles. The Labute approximate surface area is 168 Å². The van der Waals surface area contributed by atoms with Crippen LogP contribution in [-0.4, -0.2) is 53.9 Å². The number of nitrogens with zero attached hydrogens (tertiary/aromatic N) is 3. The van der Waals surface area contributed by atoms with E-state index in [-0.39, 0.29) is 5.91 Å². The fourth-order valence-corrected chi connectivity index (χ4v) is 5.15. The first-order valence-corrected chi connectivity index (χ1v) is 10.6. The molecule has 2 aromatic rings. The number of rotatable bonds is 3. The number of pyridine rings is 1. The van der Waals surface area contributed by atoms with Gasteiger partial charge >= 0.3 is 0 Å². The van der Waals surface area contributed by atoms with Crippen molar-refractivity contribution in [2.45, 2.75) is 38.5 Å². The average molecular weight is 378 g/mol. The number of aromatic nitrogens is 1. The summed E-state index contributed by atoms with van der Waals surface area (Å²) in [5, 5.41) is 0. The molecule has 1 aromatic carbocycles. The quantitative estimate of drug-likeness (QED) is 0.812. The van der Waals surface area contributed by atoms with E-state index in [1.807, 2.05) is 17.0 Å². The van der Waals surface area contributed by atoms with E-state index < -0.39 is 0 Å². The van der Waals surface area contributed by atoms with Gasteiger partial charge in [-0.2, -0.15) is 0 Å². The number of aryl methyl sites for hydroxylation is 1. The maximum Gasteiger partial charge on any atom is 0.253 e. The summed E-state index contributed by atoms with van der Waals surface area (Å²) in [4.78, 5) is 21.8. The van der Waals surface area contributed by atoms with Gasteiger partial charge in [0.25, 0.3) is 5.91 Å². The summed E-state index contributed by atoms with van der Waals surface area (Å²) in [5.41, 5.74) is 3.55. The minimum Gasteiger partial charge on any atom is -0.339 e. The van der Waals surface area contributed by atoms with Crippen LogP contribution in [0.2, 0.25) is 0 Å². The van der Waals surface area contributed by atoms with E-state index in [2.05, 4.69) is 54.2 Å². The second kappa shape index (κ2) is 8.04. The van der Waals surface area contributed by atoms with Gasteiger partial charge in [-0.3, -0.25) is 9.78 Å². The van der Waals surface area contributed by atoms with E-state index in [1.165, 1.54) is 12.0 Å². The second-order valence-corrected chi connectivity index (χ2v) is 8.69. The summed E-state index contributed by atoms with van der Waals surface area (Å²) in [6, 6.07) is 14.7. The van der Waals surface area contributed by atoms with E-state index in [4.69, 9.17) is 0 Å². The molecule has 0 bridgehead atoms. The van der Waals surface area contributed by atoms with E-state index in [0.717, 1.165) is 56.7 Å². The normalized spacial score (nSPS) is 22.4. The van der Waals surface area contributed by atoms with Crippen LogP contribution in [0.4, 0.5) is 0 Å². The van der Waals surface area contributed by atoms with Gasteiger partial charge < -0.3 is 9.80 Å². The molecule has 4 rings (SSSR count). The van der Waals surface area contributed by atoms with E-state index in [9.17, 15) is 4.79 Å². The Balaban J connectivity index is 1.44. The largest absolute Gasteiger partial charge is 0.339 e. The Morgan fingerprint density at radius 1 is 1.18 bits per heavy atom. The van der Waals surface area contributed by atoms with Crippen LogP contribution in [0.3, 0.4) is 0 Å². The summed E-state index contributed by atoms with van der Waals surface area (Å²) >= 11 is 0. The standard InChI is InChI=1S/C24H31N3O/c1-3-22-15-20(9-12-25-22)23(28)27-13-10-24(11-14-27)16-21(17-26(2)18-24)19-7-5-4-6-8-19/h4-9,12,15,21H,3,10-11,13-14,16-18H2,1-2H3/t21-/m1/s1. The van der Waals surface area contributed by atoms with Crippen LogP contribution < -0.4 is 0 Å². The van der Waals surface area contributed by atoms with Gasteiger partial charge in [0.05, 0.1) is 0 Å². The third kappa shape index (κ3) is 3.97. The lowest BCUT2D eigenvalue weighted by molar-refractivity contribution is 0.0224. The smallest absolute Gasteiger partial charge is 0.253 e. The Kier molecular flexibility index (Phi) is 5.49. The molecule has 0 aliphatic carbocycles. The lowest BCUT2D eigenvalue weighted by atomic mass is 9.68. The molecule has 0 unspecified atom stereocenters. The van der Waals surface area contributed by atoms with Crippen molar-refractivity contribution in [3.05, 3.63) is 65.5 Å². The van der Waals surface area contributed by atoms with Gasteiger partial charge in [-0.05, 0) is 61.8 Å². The fraction of sp³-hybridized carbons (Fsp3) is 0.500. The van der Waals surface area contributed by atoms with Crippen LogP contribution in [0.5, 0.6) is 0 Å². The number of carbonyl (C=O) groups is 1. The first kappa shape index (κ1) is 19.1. The van der Waals surface area contributed by atoms with Crippen molar-refractivity contribution in [3.63, 3.8) is 0 Å². The summed E-state index contributed by atoms with van der Waals surface area (Å²) in [6.45, 7) is 6.07. The highest BCUT2D eigenvalue weighted by Gasteiger charge is 2.42. The molecular weight excluding hydrogens is 346 g/mol. The Morgan fingerprint density at radius 2 is 1.93 bits per heavy atom. The van der Waals surface area contributed by atoms with Crippen molar-refractivity contribution in [2.24, 2.45) is 5.41 Å². The maximum absolute atomic E-state index is 13.0. The Morgan fingerprint density at radius 3 is 2.64 bits per heavy atom. The number of likely N-dealkylation sites (tertiary alicyclic amines) is 2. The molecule has 148 valence electrons. The van der Waals surface area contributed by atoms with Gasteiger partial charge in [-0.15, -0.1) is 0 Å². The molecule has 2 saturated heterocycles. The Bertz CT molecular complexity index is 812. The second-order valence-electron chi connectivity index (χ2n) is 8.69. The van der Waals surface area contributed by atoms with Crippen molar-refractivity contribution in [2.75, 3.05) is 33.2 Å². The number of hydrogen-bond acceptors (Lipinski definition) is 3. The number of benzene rings is 1. The molecule has 28 heavy (non-hydrogen) atoms. The molecule has 4 nitrogen and oxygen atoms in total. The molecule has 2 aliphatic rings. The number of likely N-dealkylation sites (N-methyl/N-ethyl adjacent to an activating group) is 1. The van der Waals surface area contributed by atoms with E-state index in [0.29, 0.717) is 11.3 Å². The number of carbonyl (C=O) groups excluding carboxylic acids is 1. The molecule has 2 aliphatic heterocycles. The van der Waals surface area contributed by atoms with Crippen molar-refractivity contribution in [1.29, 1.82) is 0 Å². The van der Waals surface area contributed by atoms with Crippen LogP contribution in [-0.2, 0) is 6.42 Å². The highest BCUT2D eigenvalue weighted by Crippen LogP contribution is 2.44. The number of amides is 1. The molecule has 1 spiro atoms. The zero-order valence-electron chi connectivity index (χ0n) is 17.1. The topological polar surface area (TPSA) is 36.4 Å². The minimum absolute atomic E-state index is 0.163. The summed E-state index contributed by atoms with van der Waals surface area (Å²) in [6.07, 6.45) is 6.05.